The molecule has 2 aromatic heterocycles. The molecule has 0 radical (unpaired) electrons. The van der Waals surface area contributed by atoms with Crippen molar-refractivity contribution in [3.8, 4) is 5.95 Å². The maximum Gasteiger partial charge on any atom is 0.252 e. The number of aromatic nitrogens is 4. The van der Waals surface area contributed by atoms with E-state index in [1.807, 2.05) is 40.0 Å². The van der Waals surface area contributed by atoms with Crippen LogP contribution in [0.2, 0.25) is 0 Å². The molecule has 2 aromatic rings. The Morgan fingerprint density at radius 1 is 1.21 bits per heavy atom. The van der Waals surface area contributed by atoms with Crippen molar-refractivity contribution in [1.82, 2.24) is 29.5 Å². The first-order valence-electron chi connectivity index (χ1n) is 9.97. The molecule has 0 aliphatic carbocycles. The molecule has 152 valence electrons. The van der Waals surface area contributed by atoms with Crippen molar-refractivity contribution in [2.75, 3.05) is 38.5 Å². The molecule has 3 rings (SSSR count). The van der Waals surface area contributed by atoms with Gasteiger partial charge in [-0.25, -0.2) is 9.97 Å². The van der Waals surface area contributed by atoms with Gasteiger partial charge in [0.15, 0.2) is 0 Å². The van der Waals surface area contributed by atoms with Crippen LogP contribution < -0.4 is 5.32 Å². The number of nitrogens with one attached hydrogen (secondary N) is 1. The van der Waals surface area contributed by atoms with Crippen molar-refractivity contribution in [3.63, 3.8) is 0 Å². The van der Waals surface area contributed by atoms with Crippen molar-refractivity contribution >= 4 is 11.7 Å². The number of anilines is 1. The minimum absolute atomic E-state index is 0.0610. The predicted molar refractivity (Wildman–Crippen MR) is 110 cm³/mol. The van der Waals surface area contributed by atoms with Gasteiger partial charge in [0.05, 0.1) is 12.2 Å². The molecular weight excluding hydrogens is 354 g/mol. The van der Waals surface area contributed by atoms with Crippen molar-refractivity contribution < 1.29 is 4.79 Å². The Morgan fingerprint density at radius 3 is 2.61 bits per heavy atom. The zero-order valence-electron chi connectivity index (χ0n) is 17.6. The van der Waals surface area contributed by atoms with E-state index in [9.17, 15) is 4.79 Å². The summed E-state index contributed by atoms with van der Waals surface area (Å²) in [5, 5.41) is 7.43. The quantitative estimate of drug-likeness (QED) is 0.785. The lowest BCUT2D eigenvalue weighted by Crippen LogP contribution is -2.41. The second-order valence-corrected chi connectivity index (χ2v) is 7.70. The summed E-state index contributed by atoms with van der Waals surface area (Å²) in [5.41, 5.74) is 2.53. The Balaban J connectivity index is 1.66. The third kappa shape index (κ3) is 4.94. The first-order valence-corrected chi connectivity index (χ1v) is 9.97. The third-order valence-corrected chi connectivity index (χ3v) is 5.10. The summed E-state index contributed by atoms with van der Waals surface area (Å²) in [6, 6.07) is 4.30. The topological polar surface area (TPSA) is 79.2 Å². The number of nitrogens with zero attached hydrogens (tertiary/aromatic N) is 6. The molecule has 0 spiro atoms. The fourth-order valence-electron chi connectivity index (χ4n) is 3.91. The standard InChI is InChI=1S/C20H31N7O/c1-6-26-9-7-8-17(26)12-25(5)13-19(28)23-18-11-16(4)24-27(18)20-21-14(2)10-15(3)22-20/h10-11,17H,6-9,12-13H2,1-5H3,(H,23,28)/t17-/m0/s1. The summed E-state index contributed by atoms with van der Waals surface area (Å²) in [4.78, 5) is 26.1. The highest BCUT2D eigenvalue weighted by molar-refractivity contribution is 5.91. The van der Waals surface area contributed by atoms with E-state index < -0.39 is 0 Å². The van der Waals surface area contributed by atoms with Crippen LogP contribution in [-0.4, -0.2) is 74.7 Å². The van der Waals surface area contributed by atoms with Gasteiger partial charge in [0, 0.05) is 30.0 Å². The summed E-state index contributed by atoms with van der Waals surface area (Å²) >= 11 is 0. The van der Waals surface area contributed by atoms with E-state index in [2.05, 4.69) is 37.1 Å². The first-order chi connectivity index (χ1) is 13.4. The zero-order valence-corrected chi connectivity index (χ0v) is 17.6. The lowest BCUT2D eigenvalue weighted by Gasteiger charge is -2.27. The fraction of sp³-hybridized carbons (Fsp3) is 0.600. The van der Waals surface area contributed by atoms with E-state index in [-0.39, 0.29) is 5.91 Å². The molecule has 28 heavy (non-hydrogen) atoms. The summed E-state index contributed by atoms with van der Waals surface area (Å²) in [5.74, 6) is 1.00. The highest BCUT2D eigenvalue weighted by Gasteiger charge is 2.24. The van der Waals surface area contributed by atoms with Crippen molar-refractivity contribution in [1.29, 1.82) is 0 Å². The van der Waals surface area contributed by atoms with Crippen LogP contribution in [0.5, 0.6) is 0 Å². The molecule has 1 fully saturated rings. The molecule has 8 nitrogen and oxygen atoms in total. The van der Waals surface area contributed by atoms with Crippen LogP contribution in [0.4, 0.5) is 5.82 Å². The number of aryl methyl sites for hydroxylation is 3. The number of rotatable bonds is 7. The van der Waals surface area contributed by atoms with Gasteiger partial charge in [-0.15, -0.1) is 0 Å². The molecule has 1 amide bonds. The molecule has 0 saturated carbocycles. The molecule has 1 atom stereocenters. The Bertz CT molecular complexity index is 812. The van der Waals surface area contributed by atoms with Crippen LogP contribution in [0.25, 0.3) is 5.95 Å². The summed E-state index contributed by atoms with van der Waals surface area (Å²) in [6.45, 7) is 11.4. The molecular formula is C20H31N7O. The van der Waals surface area contributed by atoms with Crippen LogP contribution in [-0.2, 0) is 4.79 Å². The Kier molecular flexibility index (Phi) is 6.41. The highest BCUT2D eigenvalue weighted by atomic mass is 16.2. The molecule has 1 N–H and O–H groups in total. The van der Waals surface area contributed by atoms with Crippen LogP contribution in [0, 0.1) is 20.8 Å². The predicted octanol–water partition coefficient (Wildman–Crippen LogP) is 1.94. The minimum atomic E-state index is -0.0610. The van der Waals surface area contributed by atoms with Gasteiger partial charge >= 0.3 is 0 Å². The van der Waals surface area contributed by atoms with Crippen molar-refractivity contribution in [2.24, 2.45) is 0 Å². The van der Waals surface area contributed by atoms with Crippen molar-refractivity contribution in [2.45, 2.75) is 46.6 Å². The summed E-state index contributed by atoms with van der Waals surface area (Å²) in [6.07, 6.45) is 2.45. The maximum atomic E-state index is 12.6. The van der Waals surface area contributed by atoms with E-state index in [1.165, 1.54) is 12.8 Å². The molecule has 1 aliphatic rings. The Hall–Kier alpha value is -2.32. The van der Waals surface area contributed by atoms with Crippen LogP contribution in [0.1, 0.15) is 36.8 Å². The van der Waals surface area contributed by atoms with Crippen molar-refractivity contribution in [3.05, 3.63) is 29.2 Å². The van der Waals surface area contributed by atoms with Gasteiger partial charge in [0.1, 0.15) is 5.82 Å². The normalized spacial score (nSPS) is 17.4. The Labute approximate surface area is 167 Å². The molecule has 0 aromatic carbocycles. The second-order valence-electron chi connectivity index (χ2n) is 7.70. The maximum absolute atomic E-state index is 12.6. The Morgan fingerprint density at radius 2 is 1.93 bits per heavy atom. The average Bonchev–Trinajstić information content (AvgIpc) is 3.19. The van der Waals surface area contributed by atoms with E-state index in [4.69, 9.17) is 0 Å². The van der Waals surface area contributed by atoms with Crippen LogP contribution in [0.15, 0.2) is 12.1 Å². The molecule has 0 unspecified atom stereocenters. The highest BCUT2D eigenvalue weighted by Crippen LogP contribution is 2.18. The van der Waals surface area contributed by atoms with Gasteiger partial charge in [-0.3, -0.25) is 14.6 Å². The van der Waals surface area contributed by atoms with Crippen LogP contribution >= 0.6 is 0 Å². The third-order valence-electron chi connectivity index (χ3n) is 5.10. The SMILES string of the molecule is CCN1CCC[C@H]1CN(C)CC(=O)Nc1cc(C)nn1-c1nc(C)cc(C)n1. The number of hydrogen-bond acceptors (Lipinski definition) is 6. The number of carbonyl (C=O) groups excluding carboxylic acids is 1. The largest absolute Gasteiger partial charge is 0.309 e. The van der Waals surface area contributed by atoms with E-state index >= 15 is 0 Å². The van der Waals surface area contributed by atoms with Gasteiger partial charge in [-0.2, -0.15) is 9.78 Å². The zero-order chi connectivity index (χ0) is 20.3. The number of likely N-dealkylation sites (N-methyl/N-ethyl adjacent to an activating group) is 2. The monoisotopic (exact) mass is 385 g/mol. The number of carbonyl (C=O) groups is 1. The molecule has 1 aliphatic heterocycles. The van der Waals surface area contributed by atoms with Gasteiger partial charge in [0.25, 0.3) is 5.95 Å². The van der Waals surface area contributed by atoms with Gasteiger partial charge in [-0.05, 0) is 59.8 Å². The average molecular weight is 386 g/mol. The lowest BCUT2D eigenvalue weighted by molar-refractivity contribution is -0.117. The van der Waals surface area contributed by atoms with E-state index in [0.29, 0.717) is 24.4 Å². The smallest absolute Gasteiger partial charge is 0.252 e. The second kappa shape index (κ2) is 8.79. The summed E-state index contributed by atoms with van der Waals surface area (Å²) < 4.78 is 1.60. The molecule has 1 saturated heterocycles. The molecule has 0 bridgehead atoms. The fourth-order valence-corrected chi connectivity index (χ4v) is 3.91. The van der Waals surface area contributed by atoms with Gasteiger partial charge < -0.3 is 5.32 Å². The lowest BCUT2D eigenvalue weighted by atomic mass is 10.2. The van der Waals surface area contributed by atoms with E-state index in [0.717, 1.165) is 36.7 Å². The van der Waals surface area contributed by atoms with Gasteiger partial charge in [-0.1, -0.05) is 6.92 Å². The van der Waals surface area contributed by atoms with E-state index in [1.54, 1.807) is 4.68 Å². The number of hydrogen-bond donors (Lipinski definition) is 1. The number of amides is 1. The first kappa shape index (κ1) is 20.4. The van der Waals surface area contributed by atoms with Crippen LogP contribution in [0.3, 0.4) is 0 Å². The van der Waals surface area contributed by atoms with Gasteiger partial charge in [0.2, 0.25) is 5.91 Å². The number of likely N-dealkylation sites (tertiary alicyclic amines) is 1. The molecule has 3 heterocycles. The molecule has 8 heteroatoms. The summed E-state index contributed by atoms with van der Waals surface area (Å²) in [7, 11) is 2.00. The minimum Gasteiger partial charge on any atom is -0.309 e.